The average Bonchev–Trinajstić information content (AvgIpc) is 2.92. The minimum atomic E-state index is 0.596. The third kappa shape index (κ3) is 1.84. The summed E-state index contributed by atoms with van der Waals surface area (Å²) in [6.45, 7) is 5.42. The van der Waals surface area contributed by atoms with Gasteiger partial charge in [0.05, 0.1) is 29.8 Å². The summed E-state index contributed by atoms with van der Waals surface area (Å²) >= 11 is 0. The highest BCUT2D eigenvalue weighted by atomic mass is 16.5. The van der Waals surface area contributed by atoms with Gasteiger partial charge in [0.15, 0.2) is 5.65 Å². The number of ether oxygens (including phenoxy) is 1. The molecule has 0 bridgehead atoms. The quantitative estimate of drug-likeness (QED) is 0.675. The Morgan fingerprint density at radius 1 is 1.14 bits per heavy atom. The van der Waals surface area contributed by atoms with Crippen LogP contribution < -0.4 is 4.74 Å². The van der Waals surface area contributed by atoms with E-state index < -0.39 is 0 Å². The van der Waals surface area contributed by atoms with Gasteiger partial charge in [-0.3, -0.25) is 0 Å². The van der Waals surface area contributed by atoms with Gasteiger partial charge in [-0.05, 0) is 13.8 Å². The van der Waals surface area contributed by atoms with Gasteiger partial charge < -0.3 is 4.74 Å². The van der Waals surface area contributed by atoms with Crippen molar-refractivity contribution >= 4 is 11.2 Å². The molecule has 1 aliphatic rings. The predicted octanol–water partition coefficient (Wildman–Crippen LogP) is 1.68. The zero-order valence-corrected chi connectivity index (χ0v) is 11.9. The van der Waals surface area contributed by atoms with Crippen molar-refractivity contribution in [2.24, 2.45) is 0 Å². The van der Waals surface area contributed by atoms with Crippen molar-refractivity contribution in [1.82, 2.24) is 29.7 Å². The highest BCUT2D eigenvalue weighted by molar-refractivity contribution is 5.88. The second-order valence-electron chi connectivity index (χ2n) is 5.08. The van der Waals surface area contributed by atoms with Crippen LogP contribution in [0.2, 0.25) is 0 Å². The number of hydrogen-bond donors (Lipinski definition) is 0. The Kier molecular flexibility index (Phi) is 2.60. The number of aryl methyl sites for hydroxylation is 3. The molecule has 0 fully saturated rings. The molecule has 0 atom stereocenters. The molecule has 21 heavy (non-hydrogen) atoms. The maximum Gasteiger partial charge on any atom is 0.221 e. The normalized spacial score (nSPS) is 14.0. The summed E-state index contributed by atoms with van der Waals surface area (Å²) in [7, 11) is 0. The van der Waals surface area contributed by atoms with E-state index in [2.05, 4.69) is 25.0 Å². The Balaban J connectivity index is 1.98. The largest absolute Gasteiger partial charge is 0.477 e. The lowest BCUT2D eigenvalue weighted by Gasteiger charge is -2.16. The second-order valence-corrected chi connectivity index (χ2v) is 5.08. The fraction of sp³-hybridized carbons (Fsp3) is 0.357. The molecule has 106 valence electrons. The van der Waals surface area contributed by atoms with Crippen LogP contribution in [0.1, 0.15) is 17.8 Å². The molecule has 7 nitrogen and oxygen atoms in total. The molecular weight excluding hydrogens is 268 g/mol. The predicted molar refractivity (Wildman–Crippen MR) is 75.9 cm³/mol. The Labute approximate surface area is 121 Å². The molecular formula is C14H14N6O. The van der Waals surface area contributed by atoms with Crippen LogP contribution >= 0.6 is 0 Å². The fourth-order valence-corrected chi connectivity index (χ4v) is 2.47. The molecule has 4 rings (SSSR count). The Bertz CT molecular complexity index is 841. The van der Waals surface area contributed by atoms with E-state index in [9.17, 15) is 0 Å². The van der Waals surface area contributed by atoms with E-state index in [0.29, 0.717) is 17.8 Å². The number of rotatable bonds is 1. The number of fused-ring (bicyclic) bond motifs is 2. The SMILES string of the molecule is Cc1nc2ncnc(-c3cnn4c3OCCC4)c2nc1C. The maximum absolute atomic E-state index is 5.74. The van der Waals surface area contributed by atoms with Gasteiger partial charge in [-0.15, -0.1) is 0 Å². The summed E-state index contributed by atoms with van der Waals surface area (Å²) in [5.41, 5.74) is 4.60. The molecule has 1 aliphatic heterocycles. The van der Waals surface area contributed by atoms with Crippen LogP contribution in [0.5, 0.6) is 5.88 Å². The van der Waals surface area contributed by atoms with Crippen molar-refractivity contribution in [2.75, 3.05) is 6.61 Å². The standard InChI is InChI=1S/C14H14N6O/c1-8-9(2)19-13-12(18-8)11(15-7-16-13)10-6-17-20-4-3-5-21-14(10)20/h6-7H,3-5H2,1-2H3. The van der Waals surface area contributed by atoms with Crippen LogP contribution in [0.25, 0.3) is 22.4 Å². The zero-order valence-electron chi connectivity index (χ0n) is 11.9. The highest BCUT2D eigenvalue weighted by Gasteiger charge is 2.21. The third-order valence-corrected chi connectivity index (χ3v) is 3.68. The average molecular weight is 282 g/mol. The van der Waals surface area contributed by atoms with Crippen LogP contribution in [0.15, 0.2) is 12.5 Å². The van der Waals surface area contributed by atoms with Crippen molar-refractivity contribution in [1.29, 1.82) is 0 Å². The first-order valence-electron chi connectivity index (χ1n) is 6.89. The summed E-state index contributed by atoms with van der Waals surface area (Å²) in [5.74, 6) is 0.751. The van der Waals surface area contributed by atoms with Crippen molar-refractivity contribution in [3.05, 3.63) is 23.9 Å². The molecule has 0 aromatic carbocycles. The fourth-order valence-electron chi connectivity index (χ4n) is 2.47. The monoisotopic (exact) mass is 282 g/mol. The molecule has 0 N–H and O–H groups in total. The van der Waals surface area contributed by atoms with Gasteiger partial charge in [0.2, 0.25) is 5.88 Å². The van der Waals surface area contributed by atoms with Gasteiger partial charge in [0.25, 0.3) is 0 Å². The van der Waals surface area contributed by atoms with Crippen LogP contribution in [0.3, 0.4) is 0 Å². The second kappa shape index (κ2) is 4.47. The minimum absolute atomic E-state index is 0.596. The van der Waals surface area contributed by atoms with Gasteiger partial charge in [-0.1, -0.05) is 0 Å². The highest BCUT2D eigenvalue weighted by Crippen LogP contribution is 2.33. The molecule has 0 saturated carbocycles. The molecule has 7 heteroatoms. The maximum atomic E-state index is 5.74. The number of nitrogens with zero attached hydrogens (tertiary/aromatic N) is 6. The molecule has 0 spiro atoms. The van der Waals surface area contributed by atoms with E-state index >= 15 is 0 Å². The minimum Gasteiger partial charge on any atom is -0.477 e. The summed E-state index contributed by atoms with van der Waals surface area (Å²) < 4.78 is 7.61. The summed E-state index contributed by atoms with van der Waals surface area (Å²) in [6.07, 6.45) is 4.25. The third-order valence-electron chi connectivity index (χ3n) is 3.68. The molecule has 0 saturated heterocycles. The summed E-state index contributed by atoms with van der Waals surface area (Å²) in [6, 6.07) is 0. The van der Waals surface area contributed by atoms with Crippen molar-refractivity contribution in [3.63, 3.8) is 0 Å². The molecule has 0 unspecified atom stereocenters. The van der Waals surface area contributed by atoms with Crippen LogP contribution in [0, 0.1) is 13.8 Å². The van der Waals surface area contributed by atoms with Crippen LogP contribution in [-0.4, -0.2) is 36.3 Å². The first kappa shape index (κ1) is 12.2. The van der Waals surface area contributed by atoms with E-state index in [1.54, 1.807) is 6.20 Å². The molecule has 4 heterocycles. The van der Waals surface area contributed by atoms with Gasteiger partial charge in [0.1, 0.15) is 17.5 Å². The van der Waals surface area contributed by atoms with Gasteiger partial charge in [-0.2, -0.15) is 5.10 Å². The van der Waals surface area contributed by atoms with E-state index in [1.807, 2.05) is 18.5 Å². The Morgan fingerprint density at radius 3 is 2.90 bits per heavy atom. The van der Waals surface area contributed by atoms with Gasteiger partial charge in [-0.25, -0.2) is 24.6 Å². The van der Waals surface area contributed by atoms with Crippen molar-refractivity contribution < 1.29 is 4.74 Å². The van der Waals surface area contributed by atoms with Crippen LogP contribution in [-0.2, 0) is 6.54 Å². The summed E-state index contributed by atoms with van der Waals surface area (Å²) in [5, 5.41) is 4.36. The van der Waals surface area contributed by atoms with E-state index in [-0.39, 0.29) is 0 Å². The van der Waals surface area contributed by atoms with Crippen molar-refractivity contribution in [3.8, 4) is 17.1 Å². The first-order valence-corrected chi connectivity index (χ1v) is 6.89. The van der Waals surface area contributed by atoms with Gasteiger partial charge >= 0.3 is 0 Å². The molecule has 0 radical (unpaired) electrons. The molecule has 0 amide bonds. The zero-order chi connectivity index (χ0) is 14.4. The molecule has 0 aliphatic carbocycles. The van der Waals surface area contributed by atoms with Crippen LogP contribution in [0.4, 0.5) is 0 Å². The number of aromatic nitrogens is 6. The van der Waals surface area contributed by atoms with E-state index in [1.165, 1.54) is 6.33 Å². The topological polar surface area (TPSA) is 78.6 Å². The van der Waals surface area contributed by atoms with Crippen molar-refractivity contribution in [2.45, 2.75) is 26.8 Å². The van der Waals surface area contributed by atoms with Gasteiger partial charge in [0, 0.05) is 13.0 Å². The number of hydrogen-bond acceptors (Lipinski definition) is 6. The lowest BCUT2D eigenvalue weighted by atomic mass is 10.2. The lowest BCUT2D eigenvalue weighted by molar-refractivity contribution is 0.231. The van der Waals surface area contributed by atoms with E-state index in [4.69, 9.17) is 4.74 Å². The molecule has 3 aromatic rings. The first-order chi connectivity index (χ1) is 10.2. The molecule has 3 aromatic heterocycles. The smallest absolute Gasteiger partial charge is 0.221 e. The van der Waals surface area contributed by atoms with E-state index in [0.717, 1.165) is 41.5 Å². The lowest BCUT2D eigenvalue weighted by Crippen LogP contribution is -2.15. The summed E-state index contributed by atoms with van der Waals surface area (Å²) in [4.78, 5) is 17.7. The Morgan fingerprint density at radius 2 is 2.00 bits per heavy atom. The Hall–Kier alpha value is -2.57.